The van der Waals surface area contributed by atoms with Crippen LogP contribution in [0.15, 0.2) is 0 Å². The van der Waals surface area contributed by atoms with Gasteiger partial charge in [0.05, 0.1) is 0 Å². The van der Waals surface area contributed by atoms with Gasteiger partial charge in [0.2, 0.25) is 0 Å². The molecular weight excluding hydrogens is 190 g/mol. The summed E-state index contributed by atoms with van der Waals surface area (Å²) in [5, 5.41) is 0. The number of hydrogen-bond donors (Lipinski definition) is 0. The van der Waals surface area contributed by atoms with E-state index >= 15 is 0 Å². The molecule has 4 heavy (non-hydrogen) atoms. The molecule has 0 saturated heterocycles. The van der Waals surface area contributed by atoms with Gasteiger partial charge in [0.1, 0.15) is 0 Å². The van der Waals surface area contributed by atoms with Gasteiger partial charge in [-0.1, -0.05) is 0 Å². The molecule has 0 N–H and O–H groups in total. The van der Waals surface area contributed by atoms with E-state index in [1.807, 2.05) is 0 Å². The predicted molar refractivity (Wildman–Crippen MR) is 3.24 cm³/mol. The largest absolute Gasteiger partial charge is 0 e. The summed E-state index contributed by atoms with van der Waals surface area (Å²) in [4.78, 5) is 0. The Kier molecular flexibility index (Phi) is 291. The summed E-state index contributed by atoms with van der Waals surface area (Å²) in [7, 11) is 0. The minimum absolute atomic E-state index is 0. The molecule has 0 aliphatic rings. The van der Waals surface area contributed by atoms with Crippen molar-refractivity contribution in [3.05, 3.63) is 7.43 Å². The second kappa shape index (κ2) is 24.1. The molecule has 5 radical (unpaired) electrons. The quantitative estimate of drug-likeness (QED) is 0.474. The van der Waals surface area contributed by atoms with E-state index in [0.29, 0.717) is 0 Å². The Hall–Kier alpha value is 1.53. The zero-order chi connectivity index (χ0) is 0. The minimum atomic E-state index is 0. The van der Waals surface area contributed by atoms with Crippen LogP contribution >= 0.6 is 0 Å². The average molecular weight is 190 g/mol. The van der Waals surface area contributed by atoms with Gasteiger partial charge in [-0.3, -0.25) is 0 Å². The second-order valence-electron chi connectivity index (χ2n) is 0. The first-order valence-corrected chi connectivity index (χ1v) is 0. The first-order chi connectivity index (χ1) is 0. The van der Waals surface area contributed by atoms with Crippen LogP contribution in [0.4, 0.5) is 0 Å². The molecule has 0 aromatic carbocycles. The van der Waals surface area contributed by atoms with Gasteiger partial charge in [0.25, 0.3) is 0 Å². The van der Waals surface area contributed by atoms with Gasteiger partial charge in [-0.2, -0.15) is 0 Å². The predicted octanol–water partition coefficient (Wildman–Crippen LogP) is 0.0738. The SMILES string of the molecule is [C].[Cu].[Fe].[Ni]. The van der Waals surface area contributed by atoms with E-state index in [0.717, 1.165) is 0 Å². The maximum atomic E-state index is 0. The van der Waals surface area contributed by atoms with Crippen LogP contribution in [0.2, 0.25) is 0 Å². The summed E-state index contributed by atoms with van der Waals surface area (Å²) in [6.07, 6.45) is 0. The van der Waals surface area contributed by atoms with E-state index in [9.17, 15) is 0 Å². The number of rotatable bonds is 0. The van der Waals surface area contributed by atoms with Crippen LogP contribution < -0.4 is 0 Å². The van der Waals surface area contributed by atoms with Crippen molar-refractivity contribution in [1.82, 2.24) is 0 Å². The minimum Gasteiger partial charge on any atom is 0 e. The summed E-state index contributed by atoms with van der Waals surface area (Å²) < 4.78 is 0. The molecular formula is CCuFeNi. The van der Waals surface area contributed by atoms with Crippen molar-refractivity contribution < 1.29 is 50.6 Å². The zero-order valence-electron chi connectivity index (χ0n) is 1.47. The summed E-state index contributed by atoms with van der Waals surface area (Å²) in [6.45, 7) is 0. The summed E-state index contributed by atoms with van der Waals surface area (Å²) in [5.41, 5.74) is 0. The molecule has 3 heteroatoms. The van der Waals surface area contributed by atoms with Crippen LogP contribution in [0.5, 0.6) is 0 Å². The third-order valence-electron chi connectivity index (χ3n) is 0. The Morgan fingerprint density at radius 1 is 1.00 bits per heavy atom. The molecule has 0 atom stereocenters. The fourth-order valence-electron chi connectivity index (χ4n) is 0. The van der Waals surface area contributed by atoms with E-state index < -0.39 is 0 Å². The molecule has 0 heterocycles. The molecule has 0 bridgehead atoms. The van der Waals surface area contributed by atoms with Crippen LogP contribution in [-0.4, -0.2) is 0 Å². The Morgan fingerprint density at radius 2 is 1.00 bits per heavy atom. The van der Waals surface area contributed by atoms with Crippen LogP contribution in [0.3, 0.4) is 0 Å². The van der Waals surface area contributed by atoms with Crippen molar-refractivity contribution in [3.63, 3.8) is 0 Å². The standard InChI is InChI=1S/C.Cu.Fe.Ni. The fraction of sp³-hybridized carbons (Fsp3) is 0. The third kappa shape index (κ3) is 9.65. The Balaban J connectivity index is 0. The molecule has 0 fully saturated rings. The van der Waals surface area contributed by atoms with Gasteiger partial charge in [-0.15, -0.1) is 0 Å². The van der Waals surface area contributed by atoms with Crippen LogP contribution in [0.1, 0.15) is 0 Å². The van der Waals surface area contributed by atoms with Gasteiger partial charge in [-0.25, -0.2) is 0 Å². The van der Waals surface area contributed by atoms with E-state index in [1.165, 1.54) is 0 Å². The Labute approximate surface area is 58.0 Å². The van der Waals surface area contributed by atoms with Gasteiger partial charge < -0.3 is 0 Å². The van der Waals surface area contributed by atoms with Crippen LogP contribution in [0, 0.1) is 7.43 Å². The van der Waals surface area contributed by atoms with Gasteiger partial charge in [0, 0.05) is 58.1 Å². The molecule has 0 aliphatic carbocycles. The molecule has 0 rings (SSSR count). The maximum Gasteiger partial charge on any atom is 0 e. The first kappa shape index (κ1) is 48.4. The van der Waals surface area contributed by atoms with Crippen molar-refractivity contribution >= 4 is 0 Å². The van der Waals surface area contributed by atoms with Crippen molar-refractivity contribution in [3.8, 4) is 0 Å². The molecule has 0 aliphatic heterocycles. The smallest absolute Gasteiger partial charge is 0 e. The zero-order valence-corrected chi connectivity index (χ0v) is 4.50. The van der Waals surface area contributed by atoms with Crippen molar-refractivity contribution in [2.45, 2.75) is 0 Å². The molecule has 0 aromatic heterocycles. The third-order valence-corrected chi connectivity index (χ3v) is 0. The topological polar surface area (TPSA) is 0 Å². The van der Waals surface area contributed by atoms with E-state index in [2.05, 4.69) is 0 Å². The molecule has 0 spiro atoms. The molecule has 0 unspecified atom stereocenters. The fourth-order valence-corrected chi connectivity index (χ4v) is 0. The normalized spacial score (nSPS) is 0. The van der Waals surface area contributed by atoms with Crippen LogP contribution in [0.25, 0.3) is 0 Å². The van der Waals surface area contributed by atoms with Crippen molar-refractivity contribution in [2.24, 2.45) is 0 Å². The summed E-state index contributed by atoms with van der Waals surface area (Å²) in [6, 6.07) is 0. The van der Waals surface area contributed by atoms with E-state index in [-0.39, 0.29) is 58.1 Å². The van der Waals surface area contributed by atoms with E-state index in [1.54, 1.807) is 0 Å². The van der Waals surface area contributed by atoms with E-state index in [4.69, 9.17) is 0 Å². The van der Waals surface area contributed by atoms with Gasteiger partial charge >= 0.3 is 0 Å². The molecule has 0 saturated carbocycles. The molecule has 0 amide bonds. The summed E-state index contributed by atoms with van der Waals surface area (Å²) >= 11 is 0. The Bertz CT molecular complexity index is 8.00. The monoisotopic (exact) mass is 189 g/mol. The average Bonchev–Trinajstić information content (AvgIpc) is 0. The molecule has 0 nitrogen and oxygen atoms in total. The summed E-state index contributed by atoms with van der Waals surface area (Å²) in [5.74, 6) is 0. The molecule has 0 aromatic rings. The van der Waals surface area contributed by atoms with Gasteiger partial charge in [-0.05, 0) is 0 Å². The maximum absolute atomic E-state index is 0. The first-order valence-electron chi connectivity index (χ1n) is 0. The molecule has 33 valence electrons. The van der Waals surface area contributed by atoms with Crippen LogP contribution in [-0.2, 0) is 50.6 Å². The number of hydrogen-bond acceptors (Lipinski definition) is 0. The van der Waals surface area contributed by atoms with Crippen molar-refractivity contribution in [2.75, 3.05) is 0 Å². The Morgan fingerprint density at radius 3 is 1.00 bits per heavy atom. The van der Waals surface area contributed by atoms with Gasteiger partial charge in [0.15, 0.2) is 0 Å². The second-order valence-corrected chi connectivity index (χ2v) is 0. The van der Waals surface area contributed by atoms with Crippen molar-refractivity contribution in [1.29, 1.82) is 0 Å².